The highest BCUT2D eigenvalue weighted by molar-refractivity contribution is 7.99. The van der Waals surface area contributed by atoms with Gasteiger partial charge in [-0.25, -0.2) is 19.0 Å². The summed E-state index contributed by atoms with van der Waals surface area (Å²) in [7, 11) is 0. The average Bonchev–Trinajstić information content (AvgIpc) is 3.02. The van der Waals surface area contributed by atoms with Crippen LogP contribution >= 0.6 is 11.8 Å². The van der Waals surface area contributed by atoms with E-state index < -0.39 is 29.5 Å². The van der Waals surface area contributed by atoms with Crippen LogP contribution in [-0.2, 0) is 24.0 Å². The summed E-state index contributed by atoms with van der Waals surface area (Å²) in [5.74, 6) is 0.572. The lowest BCUT2D eigenvalue weighted by Gasteiger charge is -2.60. The van der Waals surface area contributed by atoms with Gasteiger partial charge in [0.05, 0.1) is 12.2 Å². The molecule has 5 aliphatic rings. The summed E-state index contributed by atoms with van der Waals surface area (Å²) in [6, 6.07) is 5.55. The number of carbonyl (C=O) groups excluding carboxylic acids is 1. The lowest BCUT2D eigenvalue weighted by atomic mass is 9.58. The molecule has 0 aromatic heterocycles. The maximum atomic E-state index is 13.3. The molecule has 0 radical (unpaired) electrons. The van der Waals surface area contributed by atoms with Gasteiger partial charge in [0.15, 0.2) is 11.9 Å². The first-order chi connectivity index (χ1) is 15.8. The number of carbonyl (C=O) groups is 1. The second-order valence-corrected chi connectivity index (χ2v) is 11.4. The lowest BCUT2D eigenvalue weighted by Crippen LogP contribution is -2.70. The van der Waals surface area contributed by atoms with E-state index in [0.717, 1.165) is 25.0 Å². The fraction of sp³-hybridized carbons (Fsp3) is 0.720. The van der Waals surface area contributed by atoms with Gasteiger partial charge in [0.2, 0.25) is 5.79 Å². The van der Waals surface area contributed by atoms with Gasteiger partial charge in [0.25, 0.3) is 0 Å². The third kappa shape index (κ3) is 4.22. The topological polar surface area (TPSA) is 63.2 Å². The molecule has 4 aliphatic heterocycles. The number of halogens is 1. The van der Waals surface area contributed by atoms with Crippen molar-refractivity contribution in [1.82, 2.24) is 0 Å². The van der Waals surface area contributed by atoms with Gasteiger partial charge in [-0.2, -0.15) is 0 Å². The molecule has 1 aromatic carbocycles. The van der Waals surface area contributed by atoms with Crippen molar-refractivity contribution in [2.45, 2.75) is 76.0 Å². The Morgan fingerprint density at radius 1 is 1.21 bits per heavy atom. The molecule has 8 heteroatoms. The highest BCUT2D eigenvalue weighted by atomic mass is 32.2. The highest BCUT2D eigenvalue weighted by Gasteiger charge is 2.69. The number of fused-ring (bicyclic) bond motifs is 2. The van der Waals surface area contributed by atoms with Gasteiger partial charge in [-0.3, -0.25) is 0 Å². The Morgan fingerprint density at radius 3 is 2.88 bits per heavy atom. The third-order valence-electron chi connectivity index (χ3n) is 7.96. The van der Waals surface area contributed by atoms with Gasteiger partial charge in [-0.1, -0.05) is 19.9 Å². The zero-order valence-electron chi connectivity index (χ0n) is 19.5. The van der Waals surface area contributed by atoms with Crippen molar-refractivity contribution in [1.29, 1.82) is 0 Å². The van der Waals surface area contributed by atoms with E-state index in [-0.39, 0.29) is 23.5 Å². The van der Waals surface area contributed by atoms with Gasteiger partial charge < -0.3 is 14.2 Å². The molecule has 0 amide bonds. The summed E-state index contributed by atoms with van der Waals surface area (Å²) in [5.41, 5.74) is -0.329. The Balaban J connectivity index is 1.19. The van der Waals surface area contributed by atoms with Crippen molar-refractivity contribution in [2.24, 2.45) is 23.7 Å². The largest absolute Gasteiger partial charge is 0.462 e. The highest BCUT2D eigenvalue weighted by Crippen LogP contribution is 2.61. The zero-order chi connectivity index (χ0) is 23.2. The van der Waals surface area contributed by atoms with Crippen molar-refractivity contribution in [2.75, 3.05) is 12.4 Å². The van der Waals surface area contributed by atoms with Crippen LogP contribution in [0.15, 0.2) is 24.3 Å². The number of esters is 1. The summed E-state index contributed by atoms with van der Waals surface area (Å²) >= 11 is 1.74. The average molecular weight is 481 g/mol. The maximum Gasteiger partial charge on any atom is 0.338 e. The lowest BCUT2D eigenvalue weighted by molar-refractivity contribution is -0.568. The first-order valence-corrected chi connectivity index (χ1v) is 13.1. The molecule has 6 rings (SSSR count). The smallest absolute Gasteiger partial charge is 0.338 e. The first kappa shape index (κ1) is 23.5. The number of hydrogen-bond donors (Lipinski definition) is 0. The maximum absolute atomic E-state index is 13.3. The molecule has 1 aliphatic carbocycles. The minimum atomic E-state index is -0.765. The number of benzene rings is 1. The molecule has 1 aromatic rings. The zero-order valence-corrected chi connectivity index (χ0v) is 20.3. The van der Waals surface area contributed by atoms with E-state index in [2.05, 4.69) is 13.8 Å². The molecular formula is C25H33FO6S. The van der Waals surface area contributed by atoms with Crippen LogP contribution in [0.5, 0.6) is 0 Å². The Morgan fingerprint density at radius 2 is 2.06 bits per heavy atom. The van der Waals surface area contributed by atoms with Crippen molar-refractivity contribution in [3.05, 3.63) is 35.6 Å². The van der Waals surface area contributed by atoms with E-state index in [4.69, 9.17) is 24.0 Å². The van der Waals surface area contributed by atoms with Crippen LogP contribution < -0.4 is 0 Å². The SMILES string of the molecule is C[C@H]1[C@H](SCCCOC(=O)c2cccc(F)c2)O[C@@H]2OC3(C)CC[C@H]4[C@H](C)CC[C@@H]1[C@@]24OO3. The molecule has 33 heavy (non-hydrogen) atoms. The van der Waals surface area contributed by atoms with E-state index in [1.54, 1.807) is 17.8 Å². The van der Waals surface area contributed by atoms with Gasteiger partial charge in [-0.15, -0.1) is 11.8 Å². The van der Waals surface area contributed by atoms with Gasteiger partial charge in [0, 0.05) is 12.3 Å². The standard InChI is InChI=1S/C25H33FO6S/c1-15-8-9-20-16(2)22(29-23-25(20)19(15)10-11-24(3,30-23)31-32-25)33-13-5-12-28-21(27)17-6-4-7-18(26)14-17/h4,6-7,14-16,19-20,22-23H,5,8-13H2,1-3H3/t15-,16-,19+,20+,22+,23-,24?,25-/m1/s1. The van der Waals surface area contributed by atoms with E-state index in [1.165, 1.54) is 24.6 Å². The summed E-state index contributed by atoms with van der Waals surface area (Å²) in [4.78, 5) is 24.1. The van der Waals surface area contributed by atoms with Crippen molar-refractivity contribution in [3.8, 4) is 0 Å². The van der Waals surface area contributed by atoms with Crippen LogP contribution in [-0.4, -0.2) is 41.4 Å². The van der Waals surface area contributed by atoms with Gasteiger partial charge in [-0.05, 0) is 74.3 Å². The molecule has 1 saturated carbocycles. The molecule has 1 unspecified atom stereocenters. The minimum absolute atomic E-state index is 0.0230. The van der Waals surface area contributed by atoms with E-state index >= 15 is 0 Å². The number of ether oxygens (including phenoxy) is 3. The Bertz CT molecular complexity index is 884. The molecule has 2 bridgehead atoms. The summed E-state index contributed by atoms with van der Waals surface area (Å²) in [5, 5.41) is 0. The predicted molar refractivity (Wildman–Crippen MR) is 121 cm³/mol. The first-order valence-electron chi connectivity index (χ1n) is 12.1. The molecule has 1 spiro atoms. The van der Waals surface area contributed by atoms with Crippen molar-refractivity contribution >= 4 is 17.7 Å². The quantitative estimate of drug-likeness (QED) is 0.310. The third-order valence-corrected chi connectivity index (χ3v) is 9.35. The van der Waals surface area contributed by atoms with E-state index in [0.29, 0.717) is 24.2 Å². The minimum Gasteiger partial charge on any atom is -0.462 e. The van der Waals surface area contributed by atoms with Crippen molar-refractivity contribution < 1.29 is 33.2 Å². The molecule has 4 heterocycles. The Labute approximate surface area is 198 Å². The molecule has 4 saturated heterocycles. The fourth-order valence-corrected chi connectivity index (χ4v) is 7.37. The van der Waals surface area contributed by atoms with Crippen molar-refractivity contribution in [3.63, 3.8) is 0 Å². The summed E-state index contributed by atoms with van der Waals surface area (Å²) < 4.78 is 31.5. The van der Waals surface area contributed by atoms with Crippen LogP contribution in [0.1, 0.15) is 63.2 Å². The van der Waals surface area contributed by atoms with Crippen LogP contribution in [0.3, 0.4) is 0 Å². The monoisotopic (exact) mass is 480 g/mol. The summed E-state index contributed by atoms with van der Waals surface area (Å²) in [6.07, 6.45) is 4.34. The molecular weight excluding hydrogens is 447 g/mol. The molecule has 182 valence electrons. The Kier molecular flexibility index (Phi) is 6.50. The van der Waals surface area contributed by atoms with Crippen LogP contribution in [0.4, 0.5) is 4.39 Å². The predicted octanol–water partition coefficient (Wildman–Crippen LogP) is 5.31. The van der Waals surface area contributed by atoms with E-state index in [1.807, 2.05) is 6.92 Å². The molecule has 5 fully saturated rings. The van der Waals surface area contributed by atoms with Gasteiger partial charge in [0.1, 0.15) is 11.3 Å². The second kappa shape index (κ2) is 9.11. The summed E-state index contributed by atoms with van der Waals surface area (Å²) in [6.45, 7) is 6.78. The van der Waals surface area contributed by atoms with Crippen LogP contribution in [0.2, 0.25) is 0 Å². The number of hydrogen-bond acceptors (Lipinski definition) is 7. The Hall–Kier alpha value is -1.19. The normalized spacial score (nSPS) is 41.8. The van der Waals surface area contributed by atoms with Crippen LogP contribution in [0.25, 0.3) is 0 Å². The fourth-order valence-electron chi connectivity index (χ4n) is 6.18. The van der Waals surface area contributed by atoms with E-state index in [9.17, 15) is 9.18 Å². The molecule has 8 atom stereocenters. The number of rotatable bonds is 6. The number of thioether (sulfide) groups is 1. The molecule has 6 nitrogen and oxygen atoms in total. The second-order valence-electron chi connectivity index (χ2n) is 10.1. The van der Waals surface area contributed by atoms with Crippen LogP contribution in [0, 0.1) is 29.5 Å². The van der Waals surface area contributed by atoms with Gasteiger partial charge >= 0.3 is 5.97 Å². The molecule has 0 N–H and O–H groups in total.